The zero-order chi connectivity index (χ0) is 45.6. The number of hydrogen-bond acceptors (Lipinski definition) is 10. The minimum absolute atomic E-state index is 0.0127. The summed E-state index contributed by atoms with van der Waals surface area (Å²) in [6.07, 6.45) is 1.49. The van der Waals surface area contributed by atoms with Crippen molar-refractivity contribution in [2.75, 3.05) is 27.7 Å². The van der Waals surface area contributed by atoms with Crippen LogP contribution in [0.2, 0.25) is 0 Å². The van der Waals surface area contributed by atoms with E-state index in [2.05, 4.69) is 10.6 Å². The lowest BCUT2D eigenvalue weighted by Gasteiger charge is -2.36. The van der Waals surface area contributed by atoms with Gasteiger partial charge in [-0.3, -0.25) is 24.0 Å². The van der Waals surface area contributed by atoms with Gasteiger partial charge < -0.3 is 39.9 Å². The molecule has 1 unspecified atom stereocenters. The van der Waals surface area contributed by atoms with Crippen LogP contribution in [0.1, 0.15) is 116 Å². The topological polar surface area (TPSA) is 192 Å². The summed E-state index contributed by atoms with van der Waals surface area (Å²) in [5, 5.41) is 16.9. The number of rotatable bonds is 8. The molecule has 9 atom stereocenters. The number of aliphatic hydroxyl groups is 1. The molecule has 15 nitrogen and oxygen atoms in total. The quantitative estimate of drug-likeness (QED) is 0.238. The summed E-state index contributed by atoms with van der Waals surface area (Å²) >= 11 is 0. The van der Waals surface area contributed by atoms with Crippen molar-refractivity contribution < 1.29 is 48.1 Å². The average molecular weight is 834 g/mol. The van der Waals surface area contributed by atoms with Crippen LogP contribution in [0.25, 0.3) is 0 Å². The van der Waals surface area contributed by atoms with Gasteiger partial charge in [-0.2, -0.15) is 0 Å². The second-order valence-electron chi connectivity index (χ2n) is 17.4. The Morgan fingerprint density at radius 1 is 0.847 bits per heavy atom. The molecule has 0 aromatic rings. The van der Waals surface area contributed by atoms with Gasteiger partial charge >= 0.3 is 11.9 Å². The standard InChI is InChI=1S/C44H75N5O10/c1-17-19-28(10)37-30(12)33(50)21-20-29(11)43(56)59-38(27(9)18-2)39(52)46-36(26(7)8)42(55)49(16)32(22-24(3)4)40(53)47(14)23-34(51)45-35(25(5)6)41(54)48(15)31(13)44(57)58-37/h19-20,24-27,30-33,35-38,50H,17-18,21-23H2,1-16H3,(H,45,51)(H,46,52)/b28-19+,29-20+/t27-,30-,31-,32+,33-,35?,36-,37+,38+/m0/s1. The smallest absolute Gasteiger partial charge is 0.334 e. The van der Waals surface area contributed by atoms with Crippen molar-refractivity contribution in [3.05, 3.63) is 23.3 Å². The minimum Gasteiger partial charge on any atom is -0.456 e. The molecular formula is C44H75N5O10. The molecule has 1 heterocycles. The van der Waals surface area contributed by atoms with E-state index in [1.807, 2.05) is 33.8 Å². The fourth-order valence-electron chi connectivity index (χ4n) is 6.77. The highest BCUT2D eigenvalue weighted by Gasteiger charge is 2.39. The largest absolute Gasteiger partial charge is 0.456 e. The number of hydrogen-bond donors (Lipinski definition) is 3. The highest BCUT2D eigenvalue weighted by molar-refractivity contribution is 5.96. The maximum Gasteiger partial charge on any atom is 0.334 e. The lowest BCUT2D eigenvalue weighted by Crippen LogP contribution is -2.59. The van der Waals surface area contributed by atoms with Crippen LogP contribution >= 0.6 is 0 Å². The third kappa shape index (κ3) is 15.1. The molecule has 1 aliphatic rings. The Morgan fingerprint density at radius 3 is 1.90 bits per heavy atom. The van der Waals surface area contributed by atoms with Crippen molar-refractivity contribution in [3.63, 3.8) is 0 Å². The number of ether oxygens (including phenoxy) is 2. The first kappa shape index (κ1) is 52.7. The minimum atomic E-state index is -1.26. The SMILES string of the molecule is CC/C=C(\C)[C@H]1OC(=O)[C@H](C)N(C)C(=O)C(C(C)C)NC(=O)CN(C)C(=O)[C@@H](CC(C)C)N(C)C(=O)[C@H](C(C)C)NC(=O)[C@@H]([C@@H](C)CC)OC(=O)/C(C)=C/C[C@H](O)[C@@H]1C. The number of amides is 5. The molecule has 0 spiro atoms. The third-order valence-electron chi connectivity index (χ3n) is 11.2. The number of nitrogens with zero attached hydrogens (tertiary/aromatic N) is 3. The van der Waals surface area contributed by atoms with Gasteiger partial charge in [0.2, 0.25) is 23.6 Å². The number of esters is 2. The highest BCUT2D eigenvalue weighted by atomic mass is 16.6. The lowest BCUT2D eigenvalue weighted by atomic mass is 9.90. The van der Waals surface area contributed by atoms with Gasteiger partial charge in [-0.05, 0) is 69.8 Å². The molecule has 1 aliphatic heterocycles. The summed E-state index contributed by atoms with van der Waals surface area (Å²) in [5.41, 5.74) is 0.833. The van der Waals surface area contributed by atoms with E-state index in [1.165, 1.54) is 55.8 Å². The van der Waals surface area contributed by atoms with Gasteiger partial charge in [-0.1, -0.05) is 81.4 Å². The van der Waals surface area contributed by atoms with Crippen LogP contribution in [0, 0.1) is 29.6 Å². The van der Waals surface area contributed by atoms with Crippen molar-refractivity contribution >= 4 is 41.5 Å². The van der Waals surface area contributed by atoms with Gasteiger partial charge in [-0.25, -0.2) is 9.59 Å². The molecular weight excluding hydrogens is 759 g/mol. The molecule has 0 fully saturated rings. The zero-order valence-electron chi connectivity index (χ0n) is 38.6. The average Bonchev–Trinajstić information content (AvgIpc) is 3.17. The van der Waals surface area contributed by atoms with Crippen molar-refractivity contribution in [1.82, 2.24) is 25.3 Å². The Balaban J connectivity index is 3.87. The predicted octanol–water partition coefficient (Wildman–Crippen LogP) is 4.02. The van der Waals surface area contributed by atoms with Crippen molar-refractivity contribution in [2.45, 2.75) is 158 Å². The molecule has 0 aliphatic carbocycles. The summed E-state index contributed by atoms with van der Waals surface area (Å²) in [4.78, 5) is 100. The van der Waals surface area contributed by atoms with E-state index in [1.54, 1.807) is 48.5 Å². The molecule has 15 heteroatoms. The molecule has 336 valence electrons. The van der Waals surface area contributed by atoms with E-state index in [-0.39, 0.29) is 24.3 Å². The molecule has 0 aromatic heterocycles. The number of nitrogens with one attached hydrogen (secondary N) is 2. The van der Waals surface area contributed by atoms with Crippen LogP contribution in [-0.4, -0.2) is 131 Å². The van der Waals surface area contributed by atoms with E-state index in [0.29, 0.717) is 18.4 Å². The molecule has 0 radical (unpaired) electrons. The fraction of sp³-hybridized carbons (Fsp3) is 0.750. The molecule has 0 saturated carbocycles. The number of cyclic esters (lactones) is 2. The first-order valence-corrected chi connectivity index (χ1v) is 21.1. The van der Waals surface area contributed by atoms with Gasteiger partial charge in [0.15, 0.2) is 6.10 Å². The van der Waals surface area contributed by atoms with E-state index in [0.717, 1.165) is 0 Å². The van der Waals surface area contributed by atoms with Crippen LogP contribution in [-0.2, 0) is 43.0 Å². The van der Waals surface area contributed by atoms with Gasteiger partial charge in [-0.15, -0.1) is 0 Å². The van der Waals surface area contributed by atoms with E-state index < -0.39 is 114 Å². The monoisotopic (exact) mass is 834 g/mol. The van der Waals surface area contributed by atoms with Gasteiger partial charge in [0.1, 0.15) is 30.3 Å². The number of carbonyl (C=O) groups is 7. The second-order valence-corrected chi connectivity index (χ2v) is 17.4. The van der Waals surface area contributed by atoms with Crippen molar-refractivity contribution in [2.24, 2.45) is 29.6 Å². The molecule has 59 heavy (non-hydrogen) atoms. The van der Waals surface area contributed by atoms with Gasteiger partial charge in [0.05, 0.1) is 12.6 Å². The predicted molar refractivity (Wildman–Crippen MR) is 226 cm³/mol. The summed E-state index contributed by atoms with van der Waals surface area (Å²) in [6.45, 7) is 22.4. The second kappa shape index (κ2) is 24.1. The summed E-state index contributed by atoms with van der Waals surface area (Å²) in [5.74, 6) is -6.38. The van der Waals surface area contributed by atoms with E-state index in [4.69, 9.17) is 9.47 Å². The van der Waals surface area contributed by atoms with Crippen LogP contribution in [0.4, 0.5) is 0 Å². The van der Waals surface area contributed by atoms with Gasteiger partial charge in [0, 0.05) is 38.6 Å². The lowest BCUT2D eigenvalue weighted by molar-refractivity contribution is -0.160. The van der Waals surface area contributed by atoms with E-state index in [9.17, 15) is 38.7 Å². The summed E-state index contributed by atoms with van der Waals surface area (Å²) in [7, 11) is 4.36. The van der Waals surface area contributed by atoms with Crippen molar-refractivity contribution in [3.8, 4) is 0 Å². The molecule has 0 aromatic carbocycles. The van der Waals surface area contributed by atoms with Crippen LogP contribution in [0.3, 0.4) is 0 Å². The number of allylic oxidation sites excluding steroid dienone is 1. The molecule has 5 amide bonds. The molecule has 1 rings (SSSR count). The highest BCUT2D eigenvalue weighted by Crippen LogP contribution is 2.25. The Morgan fingerprint density at radius 2 is 1.39 bits per heavy atom. The molecule has 0 bridgehead atoms. The fourth-order valence-corrected chi connectivity index (χ4v) is 6.77. The zero-order valence-corrected chi connectivity index (χ0v) is 38.6. The molecule has 3 N–H and O–H groups in total. The Kier molecular flexibility index (Phi) is 21.5. The Hall–Kier alpha value is -4.27. The number of aliphatic hydroxyl groups excluding tert-OH is 1. The summed E-state index contributed by atoms with van der Waals surface area (Å²) < 4.78 is 11.8. The Bertz CT molecular complexity index is 1540. The number of likely N-dealkylation sites (N-methyl/N-ethyl adjacent to an activating group) is 3. The molecule has 0 saturated heterocycles. The summed E-state index contributed by atoms with van der Waals surface area (Å²) in [6, 6.07) is -4.25. The van der Waals surface area contributed by atoms with E-state index >= 15 is 0 Å². The first-order chi connectivity index (χ1) is 27.3. The van der Waals surface area contributed by atoms with Crippen LogP contribution in [0.5, 0.6) is 0 Å². The normalized spacial score (nSPS) is 29.3. The third-order valence-corrected chi connectivity index (χ3v) is 11.2. The first-order valence-electron chi connectivity index (χ1n) is 21.1. The van der Waals surface area contributed by atoms with Crippen LogP contribution < -0.4 is 10.6 Å². The maximum atomic E-state index is 14.2. The Labute approximate surface area is 353 Å². The van der Waals surface area contributed by atoms with Gasteiger partial charge in [0.25, 0.3) is 5.91 Å². The van der Waals surface area contributed by atoms with Crippen molar-refractivity contribution in [1.29, 1.82) is 0 Å². The maximum absolute atomic E-state index is 14.2. The number of carbonyl (C=O) groups excluding carboxylic acids is 7. The van der Waals surface area contributed by atoms with Crippen LogP contribution in [0.15, 0.2) is 23.3 Å².